The van der Waals surface area contributed by atoms with Crippen molar-refractivity contribution in [3.63, 3.8) is 0 Å². The average molecular weight is 610 g/mol. The van der Waals surface area contributed by atoms with Gasteiger partial charge in [-0.15, -0.1) is 5.10 Å². The van der Waals surface area contributed by atoms with E-state index in [0.29, 0.717) is 15.9 Å². The van der Waals surface area contributed by atoms with E-state index in [1.807, 2.05) is 0 Å². The number of nitrogens with zero attached hydrogens (tertiary/aromatic N) is 9. The molecule has 222 valence electrons. The van der Waals surface area contributed by atoms with Crippen LogP contribution in [0.4, 0.5) is 13.6 Å². The van der Waals surface area contributed by atoms with Gasteiger partial charge in [0, 0.05) is 37.1 Å². The van der Waals surface area contributed by atoms with Gasteiger partial charge in [0.15, 0.2) is 18.1 Å². The number of hydrogen-bond donors (Lipinski definition) is 0. The molecule has 15 heteroatoms. The highest BCUT2D eigenvalue weighted by atomic mass is 35.5. The zero-order chi connectivity index (χ0) is 30.9. The van der Waals surface area contributed by atoms with Crippen molar-refractivity contribution >= 4 is 17.7 Å². The van der Waals surface area contributed by atoms with Gasteiger partial charge in [-0.25, -0.2) is 14.2 Å². The van der Waals surface area contributed by atoms with Crippen molar-refractivity contribution in [3.05, 3.63) is 95.2 Å². The number of pyridine rings is 2. The number of ether oxygens (including phenoxy) is 1. The number of rotatable bonds is 7. The van der Waals surface area contributed by atoms with Crippen LogP contribution in [-0.4, -0.2) is 65.2 Å². The van der Waals surface area contributed by atoms with Gasteiger partial charge in [-0.3, -0.25) is 4.68 Å². The molecule has 0 aliphatic rings. The van der Waals surface area contributed by atoms with E-state index in [1.54, 1.807) is 39.1 Å². The lowest BCUT2D eigenvalue weighted by Gasteiger charge is -2.27. The van der Waals surface area contributed by atoms with E-state index < -0.39 is 29.5 Å². The molecule has 0 saturated carbocycles. The molecule has 0 aliphatic heterocycles. The Labute approximate surface area is 249 Å². The predicted molar refractivity (Wildman–Crippen MR) is 151 cm³/mol. The first-order valence-electron chi connectivity index (χ1n) is 13.0. The summed E-state index contributed by atoms with van der Waals surface area (Å²) in [5, 5.41) is 28.9. The average Bonchev–Trinajstić information content (AvgIpc) is 3.65. The third kappa shape index (κ3) is 6.43. The zero-order valence-corrected chi connectivity index (χ0v) is 24.3. The monoisotopic (exact) mass is 609 g/mol. The maximum absolute atomic E-state index is 15.4. The Morgan fingerprint density at radius 2 is 1.95 bits per heavy atom. The molecule has 12 nitrogen and oxygen atoms in total. The molecule has 0 spiro atoms. The fraction of sp³-hybridized carbons (Fsp3) is 0.250. The van der Waals surface area contributed by atoms with Crippen LogP contribution in [0.1, 0.15) is 32.5 Å². The number of aromatic nitrogens is 8. The largest absolute Gasteiger partial charge is 0.618 e. The van der Waals surface area contributed by atoms with Gasteiger partial charge in [0.25, 0.3) is 0 Å². The summed E-state index contributed by atoms with van der Waals surface area (Å²) in [6.45, 7) is 5.20. The van der Waals surface area contributed by atoms with Gasteiger partial charge in [-0.1, -0.05) is 11.6 Å². The Morgan fingerprint density at radius 3 is 2.63 bits per heavy atom. The third-order valence-corrected chi connectivity index (χ3v) is 6.67. The van der Waals surface area contributed by atoms with E-state index in [0.717, 1.165) is 0 Å². The van der Waals surface area contributed by atoms with Crippen molar-refractivity contribution in [2.45, 2.75) is 32.4 Å². The molecule has 0 radical (unpaired) electrons. The third-order valence-electron chi connectivity index (χ3n) is 6.38. The minimum Gasteiger partial charge on any atom is -0.618 e. The molecule has 5 rings (SSSR count). The molecule has 0 fully saturated rings. The SMILES string of the molecule is CN(C[C@@H](c1ccc(-c2c(-n3cnnn3)ccc(Cl)c2F)c[n+]1[O-])n1cc(-c2ccnc(F)c2)cn1)C(=O)OC(C)(C)C. The molecule has 0 bridgehead atoms. The van der Waals surface area contributed by atoms with E-state index in [4.69, 9.17) is 16.3 Å². The molecular weight excluding hydrogens is 584 g/mol. The summed E-state index contributed by atoms with van der Waals surface area (Å²) in [5.41, 5.74) is 1.01. The van der Waals surface area contributed by atoms with Gasteiger partial charge in [0.05, 0.1) is 34.6 Å². The van der Waals surface area contributed by atoms with Crippen molar-refractivity contribution < 1.29 is 23.0 Å². The molecule has 4 heterocycles. The molecule has 0 N–H and O–H groups in total. The number of likely N-dealkylation sites (N-methyl/N-ethyl adjacent to an activating group) is 1. The number of amides is 1. The summed E-state index contributed by atoms with van der Waals surface area (Å²) in [7, 11) is 1.53. The molecule has 4 aromatic heterocycles. The van der Waals surface area contributed by atoms with Crippen molar-refractivity contribution in [2.75, 3.05) is 13.6 Å². The topological polar surface area (TPSA) is 131 Å². The van der Waals surface area contributed by atoms with Crippen LogP contribution in [0.2, 0.25) is 5.02 Å². The lowest BCUT2D eigenvalue weighted by molar-refractivity contribution is -0.615. The molecule has 43 heavy (non-hydrogen) atoms. The zero-order valence-electron chi connectivity index (χ0n) is 23.5. The highest BCUT2D eigenvalue weighted by molar-refractivity contribution is 6.31. The Balaban J connectivity index is 1.57. The first kappa shape index (κ1) is 29.5. The molecule has 1 aromatic carbocycles. The Bertz CT molecular complexity index is 1770. The smallest absolute Gasteiger partial charge is 0.410 e. The fourth-order valence-electron chi connectivity index (χ4n) is 4.40. The van der Waals surface area contributed by atoms with Crippen LogP contribution in [-0.2, 0) is 4.74 Å². The fourth-order valence-corrected chi connectivity index (χ4v) is 4.56. The number of carbonyl (C=O) groups excluding carboxylic acids is 1. The summed E-state index contributed by atoms with van der Waals surface area (Å²) >= 11 is 6.08. The number of benzene rings is 1. The normalized spacial score (nSPS) is 12.3. The first-order chi connectivity index (χ1) is 20.4. The summed E-state index contributed by atoms with van der Waals surface area (Å²) in [6, 6.07) is 8.01. The lowest BCUT2D eigenvalue weighted by atomic mass is 10.0. The molecule has 1 amide bonds. The highest BCUT2D eigenvalue weighted by Gasteiger charge is 2.30. The minimum absolute atomic E-state index is 0.0134. The predicted octanol–water partition coefficient (Wildman–Crippen LogP) is 4.61. The van der Waals surface area contributed by atoms with Gasteiger partial charge in [0.2, 0.25) is 11.6 Å². The Morgan fingerprint density at radius 1 is 1.16 bits per heavy atom. The van der Waals surface area contributed by atoms with Crippen LogP contribution in [0.3, 0.4) is 0 Å². The number of hydrogen-bond acceptors (Lipinski definition) is 8. The van der Waals surface area contributed by atoms with E-state index in [-0.39, 0.29) is 34.1 Å². The van der Waals surface area contributed by atoms with E-state index in [1.165, 1.54) is 70.5 Å². The van der Waals surface area contributed by atoms with E-state index in [9.17, 15) is 14.4 Å². The standard InChI is InChI=1S/C28H26ClF2N9O3/c1-28(2,3)43-27(41)37(4)15-23(38-13-19(12-34-38)17-9-10-32-24(30)11-17)21-7-5-18(14-40(21)42)25-22(39-16-33-35-36-39)8-6-20(29)26(25)31/h5-14,16,23H,15H2,1-4H3/t23-/m0/s1. The van der Waals surface area contributed by atoms with Crippen LogP contribution < -0.4 is 4.73 Å². The van der Waals surface area contributed by atoms with Crippen molar-refractivity contribution in [1.82, 2.24) is 39.9 Å². The maximum Gasteiger partial charge on any atom is 0.410 e. The molecule has 1 atom stereocenters. The highest BCUT2D eigenvalue weighted by Crippen LogP contribution is 2.33. The van der Waals surface area contributed by atoms with Crippen molar-refractivity contribution in [2.24, 2.45) is 0 Å². The van der Waals surface area contributed by atoms with Gasteiger partial charge >= 0.3 is 6.09 Å². The number of tetrazole rings is 1. The van der Waals surface area contributed by atoms with E-state index in [2.05, 4.69) is 25.6 Å². The summed E-state index contributed by atoms with van der Waals surface area (Å²) in [4.78, 5) is 17.7. The molecule has 0 saturated heterocycles. The van der Waals surface area contributed by atoms with Gasteiger partial charge in [0.1, 0.15) is 11.9 Å². The molecular formula is C28H26ClF2N9O3. The Kier molecular flexibility index (Phi) is 8.04. The first-order valence-corrected chi connectivity index (χ1v) is 13.3. The summed E-state index contributed by atoms with van der Waals surface area (Å²) in [6.07, 6.45) is 6.35. The molecule has 0 unspecified atom stereocenters. The summed E-state index contributed by atoms with van der Waals surface area (Å²) < 4.78 is 38.0. The quantitative estimate of drug-likeness (QED) is 0.149. The second-order valence-corrected chi connectivity index (χ2v) is 11.0. The molecule has 5 aromatic rings. The van der Waals surface area contributed by atoms with Crippen molar-refractivity contribution in [3.8, 4) is 27.9 Å². The molecule has 0 aliphatic carbocycles. The van der Waals surface area contributed by atoms with Crippen LogP contribution in [0.25, 0.3) is 27.9 Å². The second kappa shape index (κ2) is 11.7. The summed E-state index contributed by atoms with van der Waals surface area (Å²) in [5.74, 6) is -1.42. The second-order valence-electron chi connectivity index (χ2n) is 10.6. The number of halogens is 3. The van der Waals surface area contributed by atoms with Gasteiger partial charge < -0.3 is 14.8 Å². The maximum atomic E-state index is 15.4. The van der Waals surface area contributed by atoms with E-state index >= 15 is 4.39 Å². The van der Waals surface area contributed by atoms with Crippen LogP contribution in [0, 0.1) is 17.0 Å². The number of carbonyl (C=O) groups is 1. The minimum atomic E-state index is -0.826. The van der Waals surface area contributed by atoms with Crippen molar-refractivity contribution in [1.29, 1.82) is 0 Å². The van der Waals surface area contributed by atoms with Gasteiger partial charge in [-0.05, 0) is 61.0 Å². The van der Waals surface area contributed by atoms with Crippen LogP contribution in [0.5, 0.6) is 0 Å². The van der Waals surface area contributed by atoms with Gasteiger partial charge in [-0.2, -0.15) is 18.9 Å². The Hall–Kier alpha value is -4.98. The lowest BCUT2D eigenvalue weighted by Crippen LogP contribution is -2.42. The van der Waals surface area contributed by atoms with Crippen LogP contribution in [0.15, 0.2) is 67.5 Å². The van der Waals surface area contributed by atoms with Crippen LogP contribution >= 0.6 is 11.6 Å².